The van der Waals surface area contributed by atoms with E-state index in [1.54, 1.807) is 0 Å². The maximum atomic E-state index is 13.6. The Bertz CT molecular complexity index is 768. The normalized spacial score (nSPS) is 11.4. The van der Waals surface area contributed by atoms with Crippen LogP contribution in [-0.2, 0) is 10.0 Å². The highest BCUT2D eigenvalue weighted by Crippen LogP contribution is 2.24. The summed E-state index contributed by atoms with van der Waals surface area (Å²) in [5.41, 5.74) is -0.275. The second-order valence-corrected chi connectivity index (χ2v) is 6.81. The van der Waals surface area contributed by atoms with Crippen LogP contribution >= 0.6 is 27.5 Å². The zero-order valence-electron chi connectivity index (χ0n) is 9.70. The van der Waals surface area contributed by atoms with Gasteiger partial charge in [0.2, 0.25) is 0 Å². The molecular formula is C12H7BrClF2NO2S. The van der Waals surface area contributed by atoms with E-state index < -0.39 is 26.6 Å². The van der Waals surface area contributed by atoms with E-state index in [0.29, 0.717) is 4.47 Å². The zero-order chi connectivity index (χ0) is 14.9. The highest BCUT2D eigenvalue weighted by molar-refractivity contribution is 9.10. The van der Waals surface area contributed by atoms with Crippen LogP contribution < -0.4 is 4.72 Å². The topological polar surface area (TPSA) is 46.2 Å². The number of hydrogen-bond acceptors (Lipinski definition) is 2. The summed E-state index contributed by atoms with van der Waals surface area (Å²) in [5.74, 6) is -1.79. The average Bonchev–Trinajstić information content (AvgIpc) is 2.32. The van der Waals surface area contributed by atoms with E-state index in [1.165, 1.54) is 18.2 Å². The SMILES string of the molecule is O=S(=O)(Nc1ccc(Br)cc1F)c1ccc(Cl)cc1F. The van der Waals surface area contributed by atoms with Gasteiger partial charge in [0, 0.05) is 9.50 Å². The number of rotatable bonds is 3. The van der Waals surface area contributed by atoms with Crippen molar-refractivity contribution in [2.75, 3.05) is 4.72 Å². The van der Waals surface area contributed by atoms with Gasteiger partial charge in [-0.1, -0.05) is 27.5 Å². The lowest BCUT2D eigenvalue weighted by atomic mass is 10.3. The van der Waals surface area contributed by atoms with Crippen molar-refractivity contribution in [2.24, 2.45) is 0 Å². The third-order valence-corrected chi connectivity index (χ3v) is 4.49. The minimum absolute atomic E-state index is 0.0660. The summed E-state index contributed by atoms with van der Waals surface area (Å²) >= 11 is 8.60. The first-order valence-electron chi connectivity index (χ1n) is 5.22. The van der Waals surface area contributed by atoms with E-state index in [1.807, 2.05) is 4.72 Å². The molecule has 2 aromatic rings. The smallest absolute Gasteiger partial charge is 0.264 e. The molecule has 0 aromatic heterocycles. The summed E-state index contributed by atoms with van der Waals surface area (Å²) in [7, 11) is -4.24. The molecule has 0 heterocycles. The summed E-state index contributed by atoms with van der Waals surface area (Å²) in [4.78, 5) is -0.607. The van der Waals surface area contributed by atoms with Gasteiger partial charge in [-0.15, -0.1) is 0 Å². The first-order valence-corrected chi connectivity index (χ1v) is 7.88. The van der Waals surface area contributed by atoms with E-state index in [4.69, 9.17) is 11.6 Å². The number of hydrogen-bond donors (Lipinski definition) is 1. The largest absolute Gasteiger partial charge is 0.277 e. The first-order chi connectivity index (χ1) is 9.29. The summed E-state index contributed by atoms with van der Waals surface area (Å²) in [6.45, 7) is 0. The van der Waals surface area contributed by atoms with Gasteiger partial charge < -0.3 is 0 Å². The Morgan fingerprint density at radius 2 is 1.75 bits per heavy atom. The molecule has 0 unspecified atom stereocenters. The molecule has 3 nitrogen and oxygen atoms in total. The molecule has 0 atom stereocenters. The van der Waals surface area contributed by atoms with E-state index in [0.717, 1.165) is 18.2 Å². The fourth-order valence-electron chi connectivity index (χ4n) is 1.47. The van der Waals surface area contributed by atoms with Crippen LogP contribution in [0.25, 0.3) is 0 Å². The van der Waals surface area contributed by atoms with Gasteiger partial charge in [-0.05, 0) is 36.4 Å². The molecule has 0 saturated carbocycles. The highest BCUT2D eigenvalue weighted by atomic mass is 79.9. The predicted molar refractivity (Wildman–Crippen MR) is 76.3 cm³/mol. The van der Waals surface area contributed by atoms with Crippen LogP contribution in [0.1, 0.15) is 0 Å². The quantitative estimate of drug-likeness (QED) is 0.865. The van der Waals surface area contributed by atoms with Crippen LogP contribution in [0.4, 0.5) is 14.5 Å². The molecular weight excluding hydrogens is 376 g/mol. The first kappa shape index (κ1) is 15.2. The molecule has 106 valence electrons. The van der Waals surface area contributed by atoms with Crippen LogP contribution in [0.5, 0.6) is 0 Å². The summed E-state index contributed by atoms with van der Waals surface area (Å²) in [5, 5.41) is 0.0660. The van der Waals surface area contributed by atoms with Gasteiger partial charge in [-0.25, -0.2) is 17.2 Å². The van der Waals surface area contributed by atoms with Crippen molar-refractivity contribution in [3.63, 3.8) is 0 Å². The van der Waals surface area contributed by atoms with Gasteiger partial charge in [-0.3, -0.25) is 4.72 Å². The lowest BCUT2D eigenvalue weighted by Crippen LogP contribution is -2.15. The molecule has 20 heavy (non-hydrogen) atoms. The molecule has 0 aliphatic heterocycles. The van der Waals surface area contributed by atoms with Crippen molar-refractivity contribution in [1.82, 2.24) is 0 Å². The Morgan fingerprint density at radius 1 is 1.05 bits per heavy atom. The molecule has 2 rings (SSSR count). The zero-order valence-corrected chi connectivity index (χ0v) is 12.9. The molecule has 0 aliphatic rings. The Morgan fingerprint density at radius 3 is 2.35 bits per heavy atom. The Kier molecular flexibility index (Phi) is 4.31. The monoisotopic (exact) mass is 381 g/mol. The van der Waals surface area contributed by atoms with Gasteiger partial charge in [0.05, 0.1) is 5.69 Å². The lowest BCUT2D eigenvalue weighted by molar-refractivity contribution is 0.569. The Balaban J connectivity index is 2.41. The van der Waals surface area contributed by atoms with Crippen LogP contribution in [0.15, 0.2) is 45.8 Å². The number of nitrogens with one attached hydrogen (secondary N) is 1. The lowest BCUT2D eigenvalue weighted by Gasteiger charge is -2.10. The van der Waals surface area contributed by atoms with Crippen molar-refractivity contribution in [3.05, 3.63) is 57.5 Å². The van der Waals surface area contributed by atoms with Gasteiger partial charge >= 0.3 is 0 Å². The summed E-state index contributed by atoms with van der Waals surface area (Å²) < 4.78 is 53.6. The van der Waals surface area contributed by atoms with Gasteiger partial charge in [0.1, 0.15) is 16.5 Å². The molecule has 0 aliphatic carbocycles. The molecule has 0 saturated heterocycles. The van der Waals surface area contributed by atoms with Crippen molar-refractivity contribution < 1.29 is 17.2 Å². The molecule has 0 amide bonds. The van der Waals surface area contributed by atoms with E-state index >= 15 is 0 Å². The van der Waals surface area contributed by atoms with Crippen molar-refractivity contribution >= 4 is 43.2 Å². The second kappa shape index (κ2) is 5.67. The van der Waals surface area contributed by atoms with E-state index in [9.17, 15) is 17.2 Å². The van der Waals surface area contributed by atoms with Crippen LogP contribution in [0, 0.1) is 11.6 Å². The number of anilines is 1. The van der Waals surface area contributed by atoms with Crippen molar-refractivity contribution in [3.8, 4) is 0 Å². The molecule has 0 spiro atoms. The average molecular weight is 383 g/mol. The predicted octanol–water partition coefficient (Wildman–Crippen LogP) is 4.18. The molecule has 8 heteroatoms. The van der Waals surface area contributed by atoms with Gasteiger partial charge in [0.25, 0.3) is 10.0 Å². The van der Waals surface area contributed by atoms with E-state index in [2.05, 4.69) is 15.9 Å². The minimum Gasteiger partial charge on any atom is -0.277 e. The number of halogens is 4. The van der Waals surface area contributed by atoms with Crippen LogP contribution in [0.3, 0.4) is 0 Å². The second-order valence-electron chi connectivity index (χ2n) is 3.80. The highest BCUT2D eigenvalue weighted by Gasteiger charge is 2.20. The number of sulfonamides is 1. The molecule has 0 bridgehead atoms. The third-order valence-electron chi connectivity index (χ3n) is 2.36. The molecule has 0 fully saturated rings. The van der Waals surface area contributed by atoms with Gasteiger partial charge in [-0.2, -0.15) is 0 Å². The fraction of sp³-hybridized carbons (Fsp3) is 0. The number of benzene rings is 2. The minimum atomic E-state index is -4.24. The van der Waals surface area contributed by atoms with Crippen LogP contribution in [-0.4, -0.2) is 8.42 Å². The van der Waals surface area contributed by atoms with Gasteiger partial charge in [0.15, 0.2) is 0 Å². The van der Waals surface area contributed by atoms with E-state index in [-0.39, 0.29) is 10.7 Å². The summed E-state index contributed by atoms with van der Waals surface area (Å²) in [6, 6.07) is 6.89. The van der Waals surface area contributed by atoms with Crippen LogP contribution in [0.2, 0.25) is 5.02 Å². The van der Waals surface area contributed by atoms with Crippen molar-refractivity contribution in [1.29, 1.82) is 0 Å². The Labute approximate surface area is 127 Å². The summed E-state index contributed by atoms with van der Waals surface area (Å²) in [6.07, 6.45) is 0. The standard InChI is InChI=1S/C12H7BrClF2NO2S/c13-7-1-3-11(9(15)5-7)17-20(18,19)12-4-2-8(14)6-10(12)16/h1-6,17H. The third kappa shape index (κ3) is 3.28. The maximum Gasteiger partial charge on any atom is 0.264 e. The molecule has 1 N–H and O–H groups in total. The molecule has 2 aromatic carbocycles. The Hall–Kier alpha value is -1.18. The maximum absolute atomic E-state index is 13.6. The van der Waals surface area contributed by atoms with Crippen molar-refractivity contribution in [2.45, 2.75) is 4.90 Å². The fourth-order valence-corrected chi connectivity index (χ4v) is 3.08. The molecule has 0 radical (unpaired) electrons.